The van der Waals surface area contributed by atoms with Gasteiger partial charge in [0, 0.05) is 11.9 Å². The summed E-state index contributed by atoms with van der Waals surface area (Å²) in [7, 11) is 0. The molecule has 1 aromatic carbocycles. The summed E-state index contributed by atoms with van der Waals surface area (Å²) in [6, 6.07) is 6.92. The number of aliphatic carboxylic acids is 1. The van der Waals surface area contributed by atoms with E-state index >= 15 is 0 Å². The van der Waals surface area contributed by atoms with Gasteiger partial charge in [0.15, 0.2) is 6.10 Å². The maximum Gasteiger partial charge on any atom is 0.334 e. The molecule has 1 aromatic heterocycles. The molecule has 0 saturated carbocycles. The monoisotopic (exact) mass is 348 g/mol. The summed E-state index contributed by atoms with van der Waals surface area (Å²) in [5.41, 5.74) is 2.91. The first kappa shape index (κ1) is 16.4. The minimum atomic E-state index is -1.07. The predicted molar refractivity (Wildman–Crippen MR) is 86.2 cm³/mol. The van der Waals surface area contributed by atoms with E-state index in [4.69, 9.17) is 14.6 Å². The second-order valence-electron chi connectivity index (χ2n) is 5.21. The van der Waals surface area contributed by atoms with Gasteiger partial charge in [-0.25, -0.2) is 9.78 Å². The summed E-state index contributed by atoms with van der Waals surface area (Å²) < 4.78 is 10.9. The Bertz CT molecular complexity index is 719. The topological polar surface area (TPSA) is 89.0 Å². The SMILES string of the molecule is O=C(O)C1CN(C(=O)c2ccccc2OCc2cscn2)CCO1. The fourth-order valence-corrected chi connectivity index (χ4v) is 2.93. The van der Waals surface area contributed by atoms with Crippen molar-refractivity contribution in [2.45, 2.75) is 12.7 Å². The van der Waals surface area contributed by atoms with E-state index in [0.29, 0.717) is 17.9 Å². The average molecular weight is 348 g/mol. The number of carbonyl (C=O) groups is 2. The van der Waals surface area contributed by atoms with Crippen LogP contribution in [-0.2, 0) is 16.1 Å². The number of amides is 1. The fourth-order valence-electron chi connectivity index (χ4n) is 2.38. The summed E-state index contributed by atoms with van der Waals surface area (Å²) in [5, 5.41) is 10.9. The molecule has 0 spiro atoms. The molecule has 1 aliphatic rings. The predicted octanol–water partition coefficient (Wildman–Crippen LogP) is 1.65. The smallest absolute Gasteiger partial charge is 0.334 e. The van der Waals surface area contributed by atoms with Crippen molar-refractivity contribution in [1.29, 1.82) is 0 Å². The third kappa shape index (κ3) is 3.72. The Balaban J connectivity index is 1.73. The molecule has 1 fully saturated rings. The van der Waals surface area contributed by atoms with Crippen molar-refractivity contribution in [2.75, 3.05) is 19.7 Å². The van der Waals surface area contributed by atoms with Gasteiger partial charge in [-0.05, 0) is 12.1 Å². The number of thiazole rings is 1. The van der Waals surface area contributed by atoms with Crippen molar-refractivity contribution in [3.63, 3.8) is 0 Å². The van der Waals surface area contributed by atoms with Gasteiger partial charge in [0.1, 0.15) is 12.4 Å². The largest absolute Gasteiger partial charge is 0.486 e. The van der Waals surface area contributed by atoms with Gasteiger partial charge in [-0.1, -0.05) is 12.1 Å². The van der Waals surface area contributed by atoms with Crippen LogP contribution in [0.1, 0.15) is 16.1 Å². The van der Waals surface area contributed by atoms with Gasteiger partial charge < -0.3 is 19.5 Å². The van der Waals surface area contributed by atoms with Gasteiger partial charge in [0.2, 0.25) is 0 Å². The Morgan fingerprint density at radius 2 is 2.25 bits per heavy atom. The molecule has 1 N–H and O–H groups in total. The van der Waals surface area contributed by atoms with Crippen LogP contribution in [0.5, 0.6) is 5.75 Å². The Hall–Kier alpha value is -2.45. The number of aromatic nitrogens is 1. The highest BCUT2D eigenvalue weighted by atomic mass is 32.1. The molecule has 2 aromatic rings. The van der Waals surface area contributed by atoms with E-state index in [2.05, 4.69) is 4.98 Å². The van der Waals surface area contributed by atoms with Crippen molar-refractivity contribution in [3.8, 4) is 5.75 Å². The van der Waals surface area contributed by atoms with Crippen LogP contribution < -0.4 is 4.74 Å². The normalized spacial score (nSPS) is 17.5. The standard InChI is InChI=1S/C16H16N2O5S/c19-15(18-5-6-22-14(7-18)16(20)21)12-3-1-2-4-13(12)23-8-11-9-24-10-17-11/h1-4,9-10,14H,5-8H2,(H,20,21). The van der Waals surface area contributed by atoms with E-state index in [-0.39, 0.29) is 25.7 Å². The fraction of sp³-hybridized carbons (Fsp3) is 0.312. The van der Waals surface area contributed by atoms with Crippen molar-refractivity contribution >= 4 is 23.2 Å². The minimum absolute atomic E-state index is 0.0224. The van der Waals surface area contributed by atoms with Crippen LogP contribution in [0, 0.1) is 0 Å². The summed E-state index contributed by atoms with van der Waals surface area (Å²) in [4.78, 5) is 29.4. The van der Waals surface area contributed by atoms with Crippen LogP contribution in [-0.4, -0.2) is 52.7 Å². The number of ether oxygens (including phenoxy) is 2. The molecule has 1 amide bonds. The third-order valence-corrected chi connectivity index (χ3v) is 4.24. The van der Waals surface area contributed by atoms with Crippen LogP contribution in [0.15, 0.2) is 35.2 Å². The molecular formula is C16H16N2O5S. The molecule has 1 aliphatic heterocycles. The molecule has 126 valence electrons. The molecule has 1 atom stereocenters. The highest BCUT2D eigenvalue weighted by Gasteiger charge is 2.30. The summed E-state index contributed by atoms with van der Waals surface area (Å²) in [5.74, 6) is -0.882. The molecule has 0 radical (unpaired) electrons. The first-order valence-electron chi connectivity index (χ1n) is 7.37. The van der Waals surface area contributed by atoms with Gasteiger partial charge in [-0.3, -0.25) is 4.79 Å². The molecule has 7 nitrogen and oxygen atoms in total. The van der Waals surface area contributed by atoms with Crippen LogP contribution in [0.2, 0.25) is 0 Å². The summed E-state index contributed by atoms with van der Waals surface area (Å²) in [6.07, 6.45) is -0.995. The lowest BCUT2D eigenvalue weighted by molar-refractivity contribution is -0.154. The Morgan fingerprint density at radius 1 is 1.42 bits per heavy atom. The summed E-state index contributed by atoms with van der Waals surface area (Å²) >= 11 is 1.48. The highest BCUT2D eigenvalue weighted by Crippen LogP contribution is 2.22. The summed E-state index contributed by atoms with van der Waals surface area (Å²) in [6.45, 7) is 0.844. The number of para-hydroxylation sites is 1. The lowest BCUT2D eigenvalue weighted by Gasteiger charge is -2.31. The van der Waals surface area contributed by atoms with Gasteiger partial charge in [0.25, 0.3) is 5.91 Å². The number of carboxylic acid groups (broad SMARTS) is 1. The van der Waals surface area contributed by atoms with Crippen LogP contribution in [0.3, 0.4) is 0 Å². The highest BCUT2D eigenvalue weighted by molar-refractivity contribution is 7.07. The lowest BCUT2D eigenvalue weighted by Crippen LogP contribution is -2.48. The van der Waals surface area contributed by atoms with Crippen molar-refractivity contribution in [3.05, 3.63) is 46.4 Å². The number of hydrogen-bond donors (Lipinski definition) is 1. The zero-order chi connectivity index (χ0) is 16.9. The molecule has 1 unspecified atom stereocenters. The van der Waals surface area contributed by atoms with Crippen LogP contribution >= 0.6 is 11.3 Å². The van der Waals surface area contributed by atoms with E-state index in [0.717, 1.165) is 5.69 Å². The molecule has 1 saturated heterocycles. The van der Waals surface area contributed by atoms with Crippen molar-refractivity contribution < 1.29 is 24.2 Å². The third-order valence-electron chi connectivity index (χ3n) is 3.61. The Kier molecular flexibility index (Phi) is 5.07. The quantitative estimate of drug-likeness (QED) is 0.884. The number of carbonyl (C=O) groups excluding carboxylic acids is 1. The second kappa shape index (κ2) is 7.41. The minimum Gasteiger partial charge on any atom is -0.486 e. The van der Waals surface area contributed by atoms with Gasteiger partial charge in [-0.2, -0.15) is 0 Å². The molecule has 24 heavy (non-hydrogen) atoms. The number of hydrogen-bond acceptors (Lipinski definition) is 6. The van der Waals surface area contributed by atoms with E-state index in [1.54, 1.807) is 29.8 Å². The Labute approximate surface area is 142 Å². The van der Waals surface area contributed by atoms with Gasteiger partial charge in [-0.15, -0.1) is 11.3 Å². The van der Waals surface area contributed by atoms with Crippen LogP contribution in [0.4, 0.5) is 0 Å². The molecular weight excluding hydrogens is 332 g/mol. The van der Waals surface area contributed by atoms with Crippen molar-refractivity contribution in [2.24, 2.45) is 0 Å². The molecule has 2 heterocycles. The lowest BCUT2D eigenvalue weighted by atomic mass is 10.1. The Morgan fingerprint density at radius 3 is 3.00 bits per heavy atom. The van der Waals surface area contributed by atoms with Crippen LogP contribution in [0.25, 0.3) is 0 Å². The van der Waals surface area contributed by atoms with Gasteiger partial charge >= 0.3 is 5.97 Å². The first-order valence-corrected chi connectivity index (χ1v) is 8.32. The van der Waals surface area contributed by atoms with E-state index in [1.165, 1.54) is 16.2 Å². The van der Waals surface area contributed by atoms with E-state index in [1.807, 2.05) is 5.38 Å². The number of benzene rings is 1. The number of nitrogens with zero attached hydrogens (tertiary/aromatic N) is 2. The zero-order valence-electron chi connectivity index (χ0n) is 12.8. The van der Waals surface area contributed by atoms with E-state index < -0.39 is 12.1 Å². The van der Waals surface area contributed by atoms with E-state index in [9.17, 15) is 9.59 Å². The van der Waals surface area contributed by atoms with Crippen molar-refractivity contribution in [1.82, 2.24) is 9.88 Å². The molecule has 3 rings (SSSR count). The van der Waals surface area contributed by atoms with Gasteiger partial charge in [0.05, 0.1) is 29.9 Å². The number of carboxylic acids is 1. The molecule has 8 heteroatoms. The first-order chi connectivity index (χ1) is 11.6. The number of rotatable bonds is 5. The average Bonchev–Trinajstić information content (AvgIpc) is 3.13. The number of morpholine rings is 1. The maximum absolute atomic E-state index is 12.7. The zero-order valence-corrected chi connectivity index (χ0v) is 13.6. The molecule has 0 aliphatic carbocycles. The maximum atomic E-state index is 12.7. The molecule has 0 bridgehead atoms. The second-order valence-corrected chi connectivity index (χ2v) is 5.93.